The highest BCUT2D eigenvalue weighted by Gasteiger charge is 2.33. The van der Waals surface area contributed by atoms with Crippen molar-refractivity contribution in [2.24, 2.45) is 5.92 Å². The zero-order chi connectivity index (χ0) is 22.2. The SMILES string of the molecule is O=C(Nc1ccc(F)c([N+](=O)[O-])c1)C1CCN(S(=O)(=O)c2ccc3c(c2)CCC3)CC1. The van der Waals surface area contributed by atoms with Crippen LogP contribution >= 0.6 is 0 Å². The van der Waals surface area contributed by atoms with E-state index >= 15 is 0 Å². The van der Waals surface area contributed by atoms with Gasteiger partial charge in [0.05, 0.1) is 9.82 Å². The molecule has 8 nitrogen and oxygen atoms in total. The molecule has 2 aromatic carbocycles. The van der Waals surface area contributed by atoms with E-state index in [9.17, 15) is 27.7 Å². The monoisotopic (exact) mass is 447 g/mol. The Bertz CT molecular complexity index is 1140. The molecule has 1 heterocycles. The smallest absolute Gasteiger partial charge is 0.306 e. The van der Waals surface area contributed by atoms with Crippen LogP contribution in [0.1, 0.15) is 30.4 Å². The van der Waals surface area contributed by atoms with Gasteiger partial charge in [-0.15, -0.1) is 0 Å². The average molecular weight is 447 g/mol. The Morgan fingerprint density at radius 1 is 1.10 bits per heavy atom. The Kier molecular flexibility index (Phi) is 5.76. The van der Waals surface area contributed by atoms with Crippen LogP contribution in [0.2, 0.25) is 0 Å². The summed E-state index contributed by atoms with van der Waals surface area (Å²) in [5, 5.41) is 13.4. The highest BCUT2D eigenvalue weighted by Crippen LogP contribution is 2.29. The molecule has 2 aromatic rings. The zero-order valence-electron chi connectivity index (χ0n) is 16.7. The van der Waals surface area contributed by atoms with Crippen LogP contribution in [-0.2, 0) is 27.7 Å². The molecule has 31 heavy (non-hydrogen) atoms. The first-order valence-electron chi connectivity index (χ1n) is 10.1. The largest absolute Gasteiger partial charge is 0.326 e. The molecule has 0 unspecified atom stereocenters. The molecule has 164 valence electrons. The number of aryl methyl sites for hydroxylation is 2. The number of benzene rings is 2. The number of sulfonamides is 1. The number of carbonyl (C=O) groups excluding carboxylic acids is 1. The van der Waals surface area contributed by atoms with Gasteiger partial charge >= 0.3 is 5.69 Å². The van der Waals surface area contributed by atoms with Gasteiger partial charge in [0.1, 0.15) is 0 Å². The Labute approximate surface area is 179 Å². The lowest BCUT2D eigenvalue weighted by molar-refractivity contribution is -0.387. The maximum absolute atomic E-state index is 13.5. The Balaban J connectivity index is 1.40. The highest BCUT2D eigenvalue weighted by molar-refractivity contribution is 7.89. The third kappa shape index (κ3) is 4.31. The number of nitrogens with zero attached hydrogens (tertiary/aromatic N) is 2. The number of piperidine rings is 1. The molecule has 0 bridgehead atoms. The van der Waals surface area contributed by atoms with Gasteiger partial charge < -0.3 is 5.32 Å². The van der Waals surface area contributed by atoms with Gasteiger partial charge in [0.2, 0.25) is 21.7 Å². The van der Waals surface area contributed by atoms with Crippen molar-refractivity contribution in [3.8, 4) is 0 Å². The highest BCUT2D eigenvalue weighted by atomic mass is 32.2. The Morgan fingerprint density at radius 2 is 1.81 bits per heavy atom. The molecule has 0 atom stereocenters. The van der Waals surface area contributed by atoms with E-state index in [4.69, 9.17) is 0 Å². The standard InChI is InChI=1S/C21H22FN3O5S/c22-19-7-5-17(13-20(19)25(27)28)23-21(26)15-8-10-24(11-9-15)31(29,30)18-6-4-14-2-1-3-16(14)12-18/h4-7,12-13,15H,1-3,8-11H2,(H,23,26). The summed E-state index contributed by atoms with van der Waals surface area (Å²) in [5.74, 6) is -1.78. The second-order valence-electron chi connectivity index (χ2n) is 7.87. The second-order valence-corrected chi connectivity index (χ2v) is 9.81. The van der Waals surface area contributed by atoms with Crippen LogP contribution in [0, 0.1) is 21.8 Å². The molecule has 2 aliphatic rings. The molecule has 4 rings (SSSR count). The fourth-order valence-electron chi connectivity index (χ4n) is 4.19. The lowest BCUT2D eigenvalue weighted by Gasteiger charge is -2.30. The van der Waals surface area contributed by atoms with Gasteiger partial charge in [0.15, 0.2) is 0 Å². The van der Waals surface area contributed by atoms with E-state index < -0.39 is 32.4 Å². The number of hydrogen-bond donors (Lipinski definition) is 1. The summed E-state index contributed by atoms with van der Waals surface area (Å²) in [7, 11) is -3.63. The van der Waals surface area contributed by atoms with Crippen LogP contribution in [0.5, 0.6) is 0 Å². The predicted octanol–water partition coefficient (Wildman–Crippen LogP) is 3.26. The number of fused-ring (bicyclic) bond motifs is 1. The van der Waals surface area contributed by atoms with Crippen LogP contribution in [-0.4, -0.2) is 36.6 Å². The van der Waals surface area contributed by atoms with Gasteiger partial charge in [-0.1, -0.05) is 6.07 Å². The fraction of sp³-hybridized carbons (Fsp3) is 0.381. The van der Waals surface area contributed by atoms with E-state index in [0.717, 1.165) is 37.0 Å². The quantitative estimate of drug-likeness (QED) is 0.559. The van der Waals surface area contributed by atoms with Crippen molar-refractivity contribution in [2.45, 2.75) is 37.0 Å². The topological polar surface area (TPSA) is 110 Å². The minimum atomic E-state index is -3.63. The van der Waals surface area contributed by atoms with Gasteiger partial charge in [-0.25, -0.2) is 8.42 Å². The van der Waals surface area contributed by atoms with E-state index in [1.165, 1.54) is 15.9 Å². The number of nitrogens with one attached hydrogen (secondary N) is 1. The normalized spacial score (nSPS) is 17.3. The van der Waals surface area contributed by atoms with E-state index in [1.807, 2.05) is 6.07 Å². The minimum Gasteiger partial charge on any atom is -0.326 e. The molecular formula is C21H22FN3O5S. The molecule has 10 heteroatoms. The average Bonchev–Trinajstić information content (AvgIpc) is 3.23. The second kappa shape index (κ2) is 8.35. The summed E-state index contributed by atoms with van der Waals surface area (Å²) in [6.07, 6.45) is 3.57. The first-order chi connectivity index (χ1) is 14.8. The van der Waals surface area contributed by atoms with Crippen molar-refractivity contribution in [3.63, 3.8) is 0 Å². The molecule has 0 aromatic heterocycles. The van der Waals surface area contributed by atoms with E-state index in [1.54, 1.807) is 12.1 Å². The summed E-state index contributed by atoms with van der Waals surface area (Å²) in [6.45, 7) is 0.419. The van der Waals surface area contributed by atoms with Crippen molar-refractivity contribution in [2.75, 3.05) is 18.4 Å². The number of halogens is 1. The molecule has 1 N–H and O–H groups in total. The molecule has 1 saturated heterocycles. The summed E-state index contributed by atoms with van der Waals surface area (Å²) in [4.78, 5) is 22.8. The molecule has 0 spiro atoms. The first-order valence-corrected chi connectivity index (χ1v) is 11.6. The summed E-state index contributed by atoms with van der Waals surface area (Å²) in [5.41, 5.74) is 1.71. The van der Waals surface area contributed by atoms with Crippen molar-refractivity contribution < 1.29 is 22.5 Å². The maximum Gasteiger partial charge on any atom is 0.306 e. The number of amides is 1. The number of hydrogen-bond acceptors (Lipinski definition) is 5. The van der Waals surface area contributed by atoms with E-state index in [-0.39, 0.29) is 29.6 Å². The number of anilines is 1. The number of rotatable bonds is 5. The van der Waals surface area contributed by atoms with Gasteiger partial charge in [-0.3, -0.25) is 14.9 Å². The van der Waals surface area contributed by atoms with Crippen LogP contribution in [0.4, 0.5) is 15.8 Å². The Hall–Kier alpha value is -2.85. The minimum absolute atomic E-state index is 0.131. The molecular weight excluding hydrogens is 425 g/mol. The van der Waals surface area contributed by atoms with E-state index in [0.29, 0.717) is 12.8 Å². The van der Waals surface area contributed by atoms with Gasteiger partial charge in [-0.2, -0.15) is 8.70 Å². The predicted molar refractivity (Wildman–Crippen MR) is 112 cm³/mol. The maximum atomic E-state index is 13.5. The van der Waals surface area contributed by atoms with Crippen LogP contribution in [0.15, 0.2) is 41.3 Å². The summed E-state index contributed by atoms with van der Waals surface area (Å²) >= 11 is 0. The number of nitro groups is 1. The molecule has 1 amide bonds. The third-order valence-corrected chi connectivity index (χ3v) is 7.84. The lowest BCUT2D eigenvalue weighted by Crippen LogP contribution is -2.41. The Morgan fingerprint density at radius 3 is 2.52 bits per heavy atom. The molecule has 1 aliphatic heterocycles. The third-order valence-electron chi connectivity index (χ3n) is 5.94. The van der Waals surface area contributed by atoms with Crippen molar-refractivity contribution in [1.29, 1.82) is 0 Å². The molecule has 1 aliphatic carbocycles. The van der Waals surface area contributed by atoms with Crippen molar-refractivity contribution in [1.82, 2.24) is 4.31 Å². The van der Waals surface area contributed by atoms with Gasteiger partial charge in [0, 0.05) is 30.8 Å². The zero-order valence-corrected chi connectivity index (χ0v) is 17.5. The summed E-state index contributed by atoms with van der Waals surface area (Å²) < 4.78 is 40.9. The van der Waals surface area contributed by atoms with Crippen molar-refractivity contribution in [3.05, 3.63) is 63.5 Å². The van der Waals surface area contributed by atoms with Gasteiger partial charge in [0.25, 0.3) is 0 Å². The summed E-state index contributed by atoms with van der Waals surface area (Å²) in [6, 6.07) is 8.46. The van der Waals surface area contributed by atoms with Crippen LogP contribution < -0.4 is 5.32 Å². The van der Waals surface area contributed by atoms with Gasteiger partial charge in [-0.05, 0) is 67.5 Å². The molecule has 0 saturated carbocycles. The lowest BCUT2D eigenvalue weighted by atomic mass is 9.97. The van der Waals surface area contributed by atoms with E-state index in [2.05, 4.69) is 5.32 Å². The fourth-order valence-corrected chi connectivity index (χ4v) is 5.71. The number of carbonyl (C=O) groups is 1. The van der Waals surface area contributed by atoms with Crippen LogP contribution in [0.25, 0.3) is 0 Å². The van der Waals surface area contributed by atoms with Crippen LogP contribution in [0.3, 0.4) is 0 Å². The molecule has 0 radical (unpaired) electrons. The molecule has 1 fully saturated rings. The number of nitro benzene ring substituents is 1. The first kappa shape index (κ1) is 21.4. The van der Waals surface area contributed by atoms with Crippen molar-refractivity contribution >= 4 is 27.3 Å².